The molecule has 4 rings (SSSR count). The maximum Gasteiger partial charge on any atom is 0.257 e. The van der Waals surface area contributed by atoms with Crippen LogP contribution in [0.25, 0.3) is 11.3 Å². The molecule has 0 saturated carbocycles. The summed E-state index contributed by atoms with van der Waals surface area (Å²) in [4.78, 5) is 29.3. The molecule has 1 aliphatic heterocycles. The van der Waals surface area contributed by atoms with Gasteiger partial charge in [-0.3, -0.25) is 9.59 Å². The number of amides is 2. The molecule has 2 amide bonds. The van der Waals surface area contributed by atoms with Gasteiger partial charge in [0.25, 0.3) is 11.8 Å². The SMILES string of the molecule is COc1ccc(-c2ccc(C(=O)N3CCN(C(=O)c4ccccc4OC)CC3)cc2)nn1. The molecule has 2 aromatic carbocycles. The summed E-state index contributed by atoms with van der Waals surface area (Å²) in [6.45, 7) is 1.90. The number of para-hydroxylation sites is 1. The fourth-order valence-electron chi connectivity index (χ4n) is 3.65. The average Bonchev–Trinajstić information content (AvgIpc) is 2.88. The Morgan fingerprint density at radius 3 is 2.00 bits per heavy atom. The van der Waals surface area contributed by atoms with E-state index >= 15 is 0 Å². The molecule has 1 saturated heterocycles. The van der Waals surface area contributed by atoms with E-state index in [4.69, 9.17) is 9.47 Å². The van der Waals surface area contributed by atoms with E-state index in [2.05, 4.69) is 10.2 Å². The number of benzene rings is 2. The topological polar surface area (TPSA) is 84.9 Å². The summed E-state index contributed by atoms with van der Waals surface area (Å²) < 4.78 is 10.3. The summed E-state index contributed by atoms with van der Waals surface area (Å²) in [6.07, 6.45) is 0. The lowest BCUT2D eigenvalue weighted by Crippen LogP contribution is -2.50. The Morgan fingerprint density at radius 1 is 0.750 bits per heavy atom. The number of carbonyl (C=O) groups excluding carboxylic acids is 2. The van der Waals surface area contributed by atoms with E-state index in [0.717, 1.165) is 5.56 Å². The van der Waals surface area contributed by atoms with Crippen LogP contribution in [0.4, 0.5) is 0 Å². The summed E-state index contributed by atoms with van der Waals surface area (Å²) >= 11 is 0. The molecule has 1 fully saturated rings. The molecule has 0 N–H and O–H groups in total. The zero-order chi connectivity index (χ0) is 22.5. The molecule has 0 radical (unpaired) electrons. The second-order valence-electron chi connectivity index (χ2n) is 7.32. The molecule has 32 heavy (non-hydrogen) atoms. The number of nitrogens with zero attached hydrogens (tertiary/aromatic N) is 4. The van der Waals surface area contributed by atoms with Crippen LogP contribution >= 0.6 is 0 Å². The van der Waals surface area contributed by atoms with Crippen molar-refractivity contribution in [3.8, 4) is 22.9 Å². The van der Waals surface area contributed by atoms with Gasteiger partial charge in [0, 0.05) is 43.4 Å². The van der Waals surface area contributed by atoms with E-state index in [1.54, 1.807) is 54.4 Å². The van der Waals surface area contributed by atoms with Crippen LogP contribution in [-0.2, 0) is 0 Å². The highest BCUT2D eigenvalue weighted by Gasteiger charge is 2.26. The third kappa shape index (κ3) is 4.39. The minimum atomic E-state index is -0.0838. The molecule has 3 aromatic rings. The molecule has 0 atom stereocenters. The lowest BCUT2D eigenvalue weighted by Gasteiger charge is -2.35. The molecule has 1 aliphatic rings. The minimum Gasteiger partial charge on any atom is -0.496 e. The third-order valence-electron chi connectivity index (χ3n) is 5.47. The van der Waals surface area contributed by atoms with Gasteiger partial charge in [-0.15, -0.1) is 10.2 Å². The van der Waals surface area contributed by atoms with Crippen molar-refractivity contribution in [3.05, 3.63) is 71.8 Å². The molecule has 0 unspecified atom stereocenters. The second-order valence-corrected chi connectivity index (χ2v) is 7.32. The first-order valence-corrected chi connectivity index (χ1v) is 10.3. The van der Waals surface area contributed by atoms with Crippen molar-refractivity contribution in [1.29, 1.82) is 0 Å². The van der Waals surface area contributed by atoms with Crippen LogP contribution in [0.5, 0.6) is 11.6 Å². The Morgan fingerprint density at radius 2 is 1.41 bits per heavy atom. The summed E-state index contributed by atoms with van der Waals surface area (Å²) in [5, 5.41) is 8.10. The van der Waals surface area contributed by atoms with Gasteiger partial charge in [0.2, 0.25) is 5.88 Å². The summed E-state index contributed by atoms with van der Waals surface area (Å²) in [5.74, 6) is 0.864. The monoisotopic (exact) mass is 432 g/mol. The van der Waals surface area contributed by atoms with Gasteiger partial charge < -0.3 is 19.3 Å². The van der Waals surface area contributed by atoms with Crippen molar-refractivity contribution in [2.24, 2.45) is 0 Å². The molecule has 0 aliphatic carbocycles. The summed E-state index contributed by atoms with van der Waals surface area (Å²) in [7, 11) is 3.09. The molecular formula is C24H24N4O4. The number of methoxy groups -OCH3 is 2. The maximum atomic E-state index is 12.9. The van der Waals surface area contributed by atoms with E-state index in [1.807, 2.05) is 30.3 Å². The van der Waals surface area contributed by atoms with Gasteiger partial charge in [-0.1, -0.05) is 24.3 Å². The highest BCUT2D eigenvalue weighted by molar-refractivity contribution is 5.98. The number of ether oxygens (including phenoxy) is 2. The standard InChI is InChI=1S/C24H24N4O4/c1-31-21-6-4-3-5-19(21)24(30)28-15-13-27(14-16-28)23(29)18-9-7-17(8-10-18)20-11-12-22(32-2)26-25-20/h3-12H,13-16H2,1-2H3. The minimum absolute atomic E-state index is 0.0539. The number of rotatable bonds is 5. The molecule has 2 heterocycles. The highest BCUT2D eigenvalue weighted by Crippen LogP contribution is 2.22. The van der Waals surface area contributed by atoms with Crippen molar-refractivity contribution < 1.29 is 19.1 Å². The number of hydrogen-bond donors (Lipinski definition) is 0. The van der Waals surface area contributed by atoms with Gasteiger partial charge in [0.15, 0.2) is 0 Å². The fraction of sp³-hybridized carbons (Fsp3) is 0.250. The lowest BCUT2D eigenvalue weighted by atomic mass is 10.1. The van der Waals surface area contributed by atoms with Crippen molar-refractivity contribution in [1.82, 2.24) is 20.0 Å². The molecule has 0 bridgehead atoms. The normalized spacial score (nSPS) is 13.6. The van der Waals surface area contributed by atoms with Crippen molar-refractivity contribution in [2.45, 2.75) is 0 Å². The van der Waals surface area contributed by atoms with E-state index < -0.39 is 0 Å². The van der Waals surface area contributed by atoms with E-state index in [-0.39, 0.29) is 11.8 Å². The predicted octanol–water partition coefficient (Wildman–Crippen LogP) is 2.76. The molecular weight excluding hydrogens is 408 g/mol. The first kappa shape index (κ1) is 21.3. The van der Waals surface area contributed by atoms with Crippen molar-refractivity contribution in [3.63, 3.8) is 0 Å². The quantitative estimate of drug-likeness (QED) is 0.616. The van der Waals surface area contributed by atoms with Crippen LogP contribution in [0.1, 0.15) is 20.7 Å². The molecule has 164 valence electrons. The Hall–Kier alpha value is -3.94. The van der Waals surface area contributed by atoms with E-state index in [1.165, 1.54) is 0 Å². The molecule has 0 spiro atoms. The molecule has 1 aromatic heterocycles. The van der Waals surface area contributed by atoms with Crippen LogP contribution in [0.15, 0.2) is 60.7 Å². The third-order valence-corrected chi connectivity index (χ3v) is 5.47. The fourth-order valence-corrected chi connectivity index (χ4v) is 3.65. The number of carbonyl (C=O) groups is 2. The first-order valence-electron chi connectivity index (χ1n) is 10.3. The average molecular weight is 432 g/mol. The maximum absolute atomic E-state index is 12.9. The van der Waals surface area contributed by atoms with Crippen LogP contribution in [0.2, 0.25) is 0 Å². The van der Waals surface area contributed by atoms with Crippen molar-refractivity contribution in [2.75, 3.05) is 40.4 Å². The Kier molecular flexibility index (Phi) is 6.30. The highest BCUT2D eigenvalue weighted by atomic mass is 16.5. The zero-order valence-electron chi connectivity index (χ0n) is 18.0. The van der Waals surface area contributed by atoms with Gasteiger partial charge in [-0.05, 0) is 30.3 Å². The van der Waals surface area contributed by atoms with E-state index in [0.29, 0.717) is 54.6 Å². The molecule has 8 heteroatoms. The van der Waals surface area contributed by atoms with Crippen LogP contribution < -0.4 is 9.47 Å². The van der Waals surface area contributed by atoms with Gasteiger partial charge in [0.1, 0.15) is 5.75 Å². The van der Waals surface area contributed by atoms with Gasteiger partial charge >= 0.3 is 0 Å². The summed E-state index contributed by atoms with van der Waals surface area (Å²) in [6, 6.07) is 18.0. The Balaban J connectivity index is 1.38. The van der Waals surface area contributed by atoms with Crippen LogP contribution in [-0.4, -0.2) is 72.2 Å². The van der Waals surface area contributed by atoms with Crippen LogP contribution in [0.3, 0.4) is 0 Å². The van der Waals surface area contributed by atoms with Crippen molar-refractivity contribution >= 4 is 11.8 Å². The summed E-state index contributed by atoms with van der Waals surface area (Å²) in [5.41, 5.74) is 2.70. The molecule has 8 nitrogen and oxygen atoms in total. The predicted molar refractivity (Wildman–Crippen MR) is 119 cm³/mol. The van der Waals surface area contributed by atoms with Crippen LogP contribution in [0, 0.1) is 0 Å². The largest absolute Gasteiger partial charge is 0.496 e. The van der Waals surface area contributed by atoms with Gasteiger partial charge in [-0.2, -0.15) is 0 Å². The smallest absolute Gasteiger partial charge is 0.257 e. The Labute approximate surface area is 186 Å². The first-order chi connectivity index (χ1) is 15.6. The zero-order valence-corrected chi connectivity index (χ0v) is 18.0. The number of hydrogen-bond acceptors (Lipinski definition) is 6. The van der Waals surface area contributed by atoms with E-state index in [9.17, 15) is 9.59 Å². The van der Waals surface area contributed by atoms with Gasteiger partial charge in [-0.25, -0.2) is 0 Å². The second kappa shape index (κ2) is 9.47. The number of piperazine rings is 1. The lowest BCUT2D eigenvalue weighted by molar-refractivity contribution is 0.0533. The number of aromatic nitrogens is 2. The van der Waals surface area contributed by atoms with Gasteiger partial charge in [0.05, 0.1) is 25.5 Å². The Bertz CT molecular complexity index is 1090.